The minimum atomic E-state index is -1.89. The molecular weight excluding hydrogens is 342 g/mol. The van der Waals surface area contributed by atoms with Crippen molar-refractivity contribution in [2.45, 2.75) is 84.3 Å². The van der Waals surface area contributed by atoms with E-state index in [9.17, 15) is 4.79 Å². The summed E-state index contributed by atoms with van der Waals surface area (Å²) in [6, 6.07) is 10.3. The Morgan fingerprint density at radius 2 is 1.77 bits per heavy atom. The van der Waals surface area contributed by atoms with Gasteiger partial charge in [0.05, 0.1) is 12.2 Å². The highest BCUT2D eigenvalue weighted by Gasteiger charge is 2.39. The number of rotatable bonds is 10. The summed E-state index contributed by atoms with van der Waals surface area (Å²) in [7, 11) is -1.89. The quantitative estimate of drug-likeness (QED) is 0.464. The summed E-state index contributed by atoms with van der Waals surface area (Å²) in [5.74, 6) is -0.146. The van der Waals surface area contributed by atoms with Gasteiger partial charge in [-0.05, 0) is 44.0 Å². The highest BCUT2D eigenvalue weighted by Crippen LogP contribution is 2.37. The molecule has 0 saturated heterocycles. The van der Waals surface area contributed by atoms with Crippen molar-refractivity contribution in [1.29, 1.82) is 0 Å². The van der Waals surface area contributed by atoms with Crippen molar-refractivity contribution < 1.29 is 14.0 Å². The molecule has 0 amide bonds. The standard InChI is InChI=1S/C21H37NO3Si/c1-17(2)24-20(23)14-13-19(25-26(6,7)21(3,4)5)16-22-15-18-11-9-8-10-12-18/h8-12,17,19,22H,13-16H2,1-7H3/t19-/m1/s1. The summed E-state index contributed by atoms with van der Waals surface area (Å²) < 4.78 is 11.8. The van der Waals surface area contributed by atoms with Crippen LogP contribution >= 0.6 is 0 Å². The number of ether oxygens (including phenoxy) is 1. The van der Waals surface area contributed by atoms with Gasteiger partial charge in [-0.1, -0.05) is 51.1 Å². The Morgan fingerprint density at radius 1 is 1.15 bits per heavy atom. The number of esters is 1. The lowest BCUT2D eigenvalue weighted by molar-refractivity contribution is -0.147. The number of carbonyl (C=O) groups is 1. The van der Waals surface area contributed by atoms with Gasteiger partial charge in [0.2, 0.25) is 0 Å². The zero-order valence-electron chi connectivity index (χ0n) is 17.6. The van der Waals surface area contributed by atoms with E-state index in [1.54, 1.807) is 0 Å². The molecule has 1 aromatic carbocycles. The predicted molar refractivity (Wildman–Crippen MR) is 111 cm³/mol. The summed E-state index contributed by atoms with van der Waals surface area (Å²) in [6.07, 6.45) is 1.02. The summed E-state index contributed by atoms with van der Waals surface area (Å²) in [5.41, 5.74) is 1.25. The van der Waals surface area contributed by atoms with E-state index >= 15 is 0 Å². The molecule has 148 valence electrons. The van der Waals surface area contributed by atoms with Crippen LogP contribution in [-0.4, -0.2) is 33.0 Å². The van der Waals surface area contributed by atoms with E-state index in [0.717, 1.165) is 13.1 Å². The Kier molecular flexibility index (Phi) is 9.00. The van der Waals surface area contributed by atoms with Crippen molar-refractivity contribution in [2.75, 3.05) is 6.54 Å². The number of hydrogen-bond donors (Lipinski definition) is 1. The third kappa shape index (κ3) is 8.47. The molecule has 0 heterocycles. The maximum atomic E-state index is 11.9. The fourth-order valence-corrected chi connectivity index (χ4v) is 3.76. The molecule has 1 N–H and O–H groups in total. The Labute approximate surface area is 160 Å². The van der Waals surface area contributed by atoms with Gasteiger partial charge >= 0.3 is 5.97 Å². The van der Waals surface area contributed by atoms with E-state index in [1.165, 1.54) is 5.56 Å². The fourth-order valence-electron chi connectivity index (χ4n) is 2.37. The Bertz CT molecular complexity index is 538. The molecule has 1 atom stereocenters. The largest absolute Gasteiger partial charge is 0.463 e. The van der Waals surface area contributed by atoms with Crippen LogP contribution < -0.4 is 5.32 Å². The SMILES string of the molecule is CC(C)OC(=O)CC[C@H](CNCc1ccccc1)O[Si](C)(C)C(C)(C)C. The molecule has 0 spiro atoms. The first-order valence-electron chi connectivity index (χ1n) is 9.63. The van der Waals surface area contributed by atoms with Crippen LogP contribution in [0, 0.1) is 0 Å². The summed E-state index contributed by atoms with van der Waals surface area (Å²) in [4.78, 5) is 11.9. The topological polar surface area (TPSA) is 47.6 Å². The molecule has 0 aromatic heterocycles. The van der Waals surface area contributed by atoms with Crippen molar-refractivity contribution in [3.8, 4) is 0 Å². The van der Waals surface area contributed by atoms with Crippen molar-refractivity contribution in [3.05, 3.63) is 35.9 Å². The first kappa shape index (κ1) is 22.9. The molecule has 1 rings (SSSR count). The summed E-state index contributed by atoms with van der Waals surface area (Å²) >= 11 is 0. The third-order valence-electron chi connectivity index (χ3n) is 4.85. The maximum Gasteiger partial charge on any atom is 0.306 e. The van der Waals surface area contributed by atoms with Gasteiger partial charge in [0.25, 0.3) is 0 Å². The van der Waals surface area contributed by atoms with Gasteiger partial charge in [-0.15, -0.1) is 0 Å². The number of hydrogen-bond acceptors (Lipinski definition) is 4. The molecule has 0 fully saturated rings. The predicted octanol–water partition coefficient (Wildman–Crippen LogP) is 4.90. The van der Waals surface area contributed by atoms with E-state index < -0.39 is 8.32 Å². The molecule has 0 aliphatic rings. The molecule has 4 nitrogen and oxygen atoms in total. The average molecular weight is 380 g/mol. The highest BCUT2D eigenvalue weighted by molar-refractivity contribution is 6.74. The van der Waals surface area contributed by atoms with Crippen LogP contribution in [0.2, 0.25) is 18.1 Å². The Balaban J connectivity index is 2.63. The van der Waals surface area contributed by atoms with Gasteiger partial charge in [-0.3, -0.25) is 4.79 Å². The summed E-state index contributed by atoms with van der Waals surface area (Å²) in [5, 5.41) is 3.63. The van der Waals surface area contributed by atoms with Crippen LogP contribution in [0.15, 0.2) is 30.3 Å². The van der Waals surface area contributed by atoms with Gasteiger partial charge in [0.15, 0.2) is 8.32 Å². The van der Waals surface area contributed by atoms with E-state index in [-0.39, 0.29) is 23.2 Å². The smallest absolute Gasteiger partial charge is 0.306 e. The van der Waals surface area contributed by atoms with E-state index in [0.29, 0.717) is 12.8 Å². The lowest BCUT2D eigenvalue weighted by atomic mass is 10.2. The minimum Gasteiger partial charge on any atom is -0.463 e. The molecular formula is C21H37NO3Si. The van der Waals surface area contributed by atoms with Crippen LogP contribution in [0.3, 0.4) is 0 Å². The van der Waals surface area contributed by atoms with Crippen LogP contribution in [0.4, 0.5) is 0 Å². The van der Waals surface area contributed by atoms with Crippen molar-refractivity contribution in [2.24, 2.45) is 0 Å². The van der Waals surface area contributed by atoms with Crippen LogP contribution in [0.25, 0.3) is 0 Å². The van der Waals surface area contributed by atoms with Gasteiger partial charge < -0.3 is 14.5 Å². The Hall–Kier alpha value is -1.17. The molecule has 0 aliphatic heterocycles. The number of carbonyl (C=O) groups excluding carboxylic acids is 1. The second-order valence-electron chi connectivity index (χ2n) is 8.69. The highest BCUT2D eigenvalue weighted by atomic mass is 28.4. The van der Waals surface area contributed by atoms with Crippen LogP contribution in [0.5, 0.6) is 0 Å². The monoisotopic (exact) mass is 379 g/mol. The zero-order chi connectivity index (χ0) is 19.8. The lowest BCUT2D eigenvalue weighted by Gasteiger charge is -2.39. The van der Waals surface area contributed by atoms with Gasteiger partial charge in [-0.2, -0.15) is 0 Å². The zero-order valence-corrected chi connectivity index (χ0v) is 18.6. The van der Waals surface area contributed by atoms with Gasteiger partial charge in [0, 0.05) is 19.5 Å². The third-order valence-corrected chi connectivity index (χ3v) is 9.38. The fraction of sp³-hybridized carbons (Fsp3) is 0.667. The van der Waals surface area contributed by atoms with Crippen molar-refractivity contribution >= 4 is 14.3 Å². The normalized spacial score (nSPS) is 13.7. The molecule has 5 heteroatoms. The molecule has 0 aliphatic carbocycles. The Morgan fingerprint density at radius 3 is 2.31 bits per heavy atom. The van der Waals surface area contributed by atoms with E-state index in [1.807, 2.05) is 32.0 Å². The molecule has 1 aromatic rings. The molecule has 0 bridgehead atoms. The van der Waals surface area contributed by atoms with Crippen molar-refractivity contribution in [3.63, 3.8) is 0 Å². The van der Waals surface area contributed by atoms with E-state index in [4.69, 9.17) is 9.16 Å². The average Bonchev–Trinajstić information content (AvgIpc) is 2.51. The number of benzene rings is 1. The first-order chi connectivity index (χ1) is 12.0. The first-order valence-corrected chi connectivity index (χ1v) is 12.5. The summed E-state index contributed by atoms with van der Waals surface area (Å²) in [6.45, 7) is 16.5. The number of nitrogens with one attached hydrogen (secondary N) is 1. The molecule has 26 heavy (non-hydrogen) atoms. The van der Waals surface area contributed by atoms with Gasteiger partial charge in [0.1, 0.15) is 0 Å². The molecule has 0 radical (unpaired) electrons. The second-order valence-corrected chi connectivity index (χ2v) is 13.5. The van der Waals surface area contributed by atoms with Crippen LogP contribution in [-0.2, 0) is 20.5 Å². The molecule has 0 saturated carbocycles. The van der Waals surface area contributed by atoms with E-state index in [2.05, 4.69) is 51.3 Å². The maximum absolute atomic E-state index is 11.9. The van der Waals surface area contributed by atoms with Crippen molar-refractivity contribution in [1.82, 2.24) is 5.32 Å². The minimum absolute atomic E-state index is 0.0133. The second kappa shape index (κ2) is 10.2. The lowest BCUT2D eigenvalue weighted by Crippen LogP contribution is -2.46. The van der Waals surface area contributed by atoms with Crippen LogP contribution in [0.1, 0.15) is 53.0 Å². The van der Waals surface area contributed by atoms with Gasteiger partial charge in [-0.25, -0.2) is 0 Å². The molecule has 0 unspecified atom stereocenters.